The van der Waals surface area contributed by atoms with Crippen LogP contribution >= 0.6 is 0 Å². The maximum atomic E-state index is 13.8. The van der Waals surface area contributed by atoms with E-state index >= 15 is 0 Å². The molecule has 1 aromatic carbocycles. The number of aliphatic hydroxyl groups is 1. The van der Waals surface area contributed by atoms with Gasteiger partial charge in [0.1, 0.15) is 12.3 Å². The molecule has 6 atom stereocenters. The van der Waals surface area contributed by atoms with E-state index in [0.29, 0.717) is 34.8 Å². The second-order valence-corrected chi connectivity index (χ2v) is 13.1. The third-order valence-corrected chi connectivity index (χ3v) is 10.5. The number of fused-ring (bicyclic) bond motifs is 4. The van der Waals surface area contributed by atoms with E-state index in [1.54, 1.807) is 11.8 Å². The molecule has 0 bridgehead atoms. The normalized spacial score (nSPS) is 33.8. The molecule has 3 aliphatic rings. The SMILES string of the molecule is COCC1(CCC(C)(C)O)CCCC2C1CCC1(C)C(C(=O)Cn3nnc4c(OC)cccc43)CCC21. The molecule has 6 unspecified atom stereocenters. The zero-order valence-electron chi connectivity index (χ0n) is 23.3. The first-order chi connectivity index (χ1) is 17.6. The number of hydrogen-bond acceptors (Lipinski definition) is 6. The lowest BCUT2D eigenvalue weighted by molar-refractivity contribution is -0.135. The first-order valence-corrected chi connectivity index (χ1v) is 14.2. The van der Waals surface area contributed by atoms with Crippen molar-refractivity contribution in [3.8, 4) is 5.75 Å². The molecule has 1 heterocycles. The fraction of sp³-hybridized carbons (Fsp3) is 0.767. The van der Waals surface area contributed by atoms with Crippen molar-refractivity contribution in [3.05, 3.63) is 18.2 Å². The van der Waals surface area contributed by atoms with Crippen LogP contribution in [0.5, 0.6) is 5.75 Å². The molecule has 0 aliphatic heterocycles. The second-order valence-electron chi connectivity index (χ2n) is 13.1. The van der Waals surface area contributed by atoms with Gasteiger partial charge in [-0.2, -0.15) is 0 Å². The van der Waals surface area contributed by atoms with Gasteiger partial charge < -0.3 is 14.6 Å². The average Bonchev–Trinajstić information content (AvgIpc) is 3.43. The average molecular weight is 512 g/mol. The molecule has 3 saturated carbocycles. The highest BCUT2D eigenvalue weighted by Crippen LogP contribution is 2.65. The molecule has 204 valence electrons. The van der Waals surface area contributed by atoms with Crippen molar-refractivity contribution in [2.45, 2.75) is 90.7 Å². The number of rotatable bonds is 9. The molecule has 1 N–H and O–H groups in total. The number of aromatic nitrogens is 3. The number of methoxy groups -OCH3 is 2. The monoisotopic (exact) mass is 511 g/mol. The maximum Gasteiger partial charge on any atom is 0.157 e. The predicted molar refractivity (Wildman–Crippen MR) is 143 cm³/mol. The van der Waals surface area contributed by atoms with Crippen LogP contribution in [-0.2, 0) is 16.1 Å². The Bertz CT molecular complexity index is 1120. The van der Waals surface area contributed by atoms with Gasteiger partial charge in [0.05, 0.1) is 24.8 Å². The van der Waals surface area contributed by atoms with Crippen LogP contribution in [0.15, 0.2) is 18.2 Å². The Morgan fingerprint density at radius 3 is 2.70 bits per heavy atom. The van der Waals surface area contributed by atoms with Crippen LogP contribution in [0.4, 0.5) is 0 Å². The Labute approximate surface area is 221 Å². The number of ketones is 1. The third-order valence-electron chi connectivity index (χ3n) is 10.5. The Morgan fingerprint density at radius 1 is 1.16 bits per heavy atom. The van der Waals surface area contributed by atoms with E-state index in [1.165, 1.54) is 19.3 Å². The summed E-state index contributed by atoms with van der Waals surface area (Å²) in [6, 6.07) is 5.76. The fourth-order valence-corrected chi connectivity index (χ4v) is 8.76. The van der Waals surface area contributed by atoms with E-state index in [4.69, 9.17) is 9.47 Å². The smallest absolute Gasteiger partial charge is 0.157 e. The number of carbonyl (C=O) groups is 1. The van der Waals surface area contributed by atoms with Gasteiger partial charge in [0.15, 0.2) is 11.3 Å². The Kier molecular flexibility index (Phi) is 7.16. The third kappa shape index (κ3) is 4.71. The van der Waals surface area contributed by atoms with Crippen LogP contribution in [0, 0.1) is 34.5 Å². The van der Waals surface area contributed by atoms with Gasteiger partial charge in [-0.1, -0.05) is 24.6 Å². The van der Waals surface area contributed by atoms with Gasteiger partial charge in [-0.15, -0.1) is 5.10 Å². The molecule has 37 heavy (non-hydrogen) atoms. The van der Waals surface area contributed by atoms with Crippen molar-refractivity contribution >= 4 is 16.8 Å². The summed E-state index contributed by atoms with van der Waals surface area (Å²) in [6.45, 7) is 7.29. The van der Waals surface area contributed by atoms with Gasteiger partial charge in [0.2, 0.25) is 0 Å². The first kappa shape index (κ1) is 26.6. The fourth-order valence-electron chi connectivity index (χ4n) is 8.76. The maximum absolute atomic E-state index is 13.8. The zero-order chi connectivity index (χ0) is 26.4. The van der Waals surface area contributed by atoms with E-state index in [2.05, 4.69) is 17.2 Å². The quantitative estimate of drug-likeness (QED) is 0.483. The summed E-state index contributed by atoms with van der Waals surface area (Å²) >= 11 is 0. The van der Waals surface area contributed by atoms with Gasteiger partial charge in [0, 0.05) is 13.0 Å². The molecule has 0 amide bonds. The van der Waals surface area contributed by atoms with Crippen molar-refractivity contribution in [2.75, 3.05) is 20.8 Å². The summed E-state index contributed by atoms with van der Waals surface area (Å²) in [5.74, 6) is 2.87. The van der Waals surface area contributed by atoms with Crippen LogP contribution in [0.1, 0.15) is 78.6 Å². The highest BCUT2D eigenvalue weighted by molar-refractivity contribution is 5.85. The lowest BCUT2D eigenvalue weighted by atomic mass is 9.48. The highest BCUT2D eigenvalue weighted by Gasteiger charge is 2.59. The second kappa shape index (κ2) is 9.96. The summed E-state index contributed by atoms with van der Waals surface area (Å²) in [5.41, 5.74) is 1.08. The minimum Gasteiger partial charge on any atom is -0.494 e. The van der Waals surface area contributed by atoms with Gasteiger partial charge in [-0.25, -0.2) is 4.68 Å². The van der Waals surface area contributed by atoms with Gasteiger partial charge in [-0.3, -0.25) is 4.79 Å². The molecule has 7 nitrogen and oxygen atoms in total. The number of benzene rings is 1. The summed E-state index contributed by atoms with van der Waals surface area (Å²) < 4.78 is 13.0. The van der Waals surface area contributed by atoms with Gasteiger partial charge in [-0.05, 0) is 106 Å². The molecule has 0 spiro atoms. The van der Waals surface area contributed by atoms with Crippen LogP contribution in [-0.4, -0.2) is 52.3 Å². The van der Waals surface area contributed by atoms with Crippen LogP contribution in [0.25, 0.3) is 11.0 Å². The Hall–Kier alpha value is -1.99. The number of carbonyl (C=O) groups excluding carboxylic acids is 1. The largest absolute Gasteiger partial charge is 0.494 e. The van der Waals surface area contributed by atoms with Crippen molar-refractivity contribution in [3.63, 3.8) is 0 Å². The summed E-state index contributed by atoms with van der Waals surface area (Å²) in [6.07, 6.45) is 9.83. The lowest BCUT2D eigenvalue weighted by Gasteiger charge is -2.57. The van der Waals surface area contributed by atoms with E-state index in [-0.39, 0.29) is 23.3 Å². The lowest BCUT2D eigenvalue weighted by Crippen LogP contribution is -2.52. The van der Waals surface area contributed by atoms with Crippen LogP contribution in [0.3, 0.4) is 0 Å². The standard InChI is InChI=1S/C30H45N3O4/c1-28(2,35)16-17-30(19-36-4)14-7-8-20-21-11-12-23(29(21,3)15-13-22(20)30)25(34)18-33-24-9-6-10-26(37-5)27(24)31-32-33/h6,9-10,20-23,35H,7-8,11-19H2,1-5H3. The van der Waals surface area contributed by atoms with Crippen LogP contribution < -0.4 is 4.74 Å². The summed E-state index contributed by atoms with van der Waals surface area (Å²) in [4.78, 5) is 13.8. The molecule has 5 rings (SSSR count). The zero-order valence-corrected chi connectivity index (χ0v) is 23.3. The molecule has 3 aliphatic carbocycles. The number of Topliss-reactive ketones (excluding diaryl/α,β-unsaturated/α-hetero) is 1. The van der Waals surface area contributed by atoms with Crippen molar-refractivity contribution in [2.24, 2.45) is 34.5 Å². The molecule has 1 aromatic heterocycles. The van der Waals surface area contributed by atoms with E-state index < -0.39 is 5.60 Å². The van der Waals surface area contributed by atoms with Crippen molar-refractivity contribution in [1.29, 1.82) is 0 Å². The number of hydrogen-bond donors (Lipinski definition) is 1. The molecule has 3 fully saturated rings. The number of nitrogens with zero attached hydrogens (tertiary/aromatic N) is 3. The summed E-state index contributed by atoms with van der Waals surface area (Å²) in [7, 11) is 3.46. The van der Waals surface area contributed by atoms with Crippen molar-refractivity contribution in [1.82, 2.24) is 15.0 Å². The molecular weight excluding hydrogens is 466 g/mol. The highest BCUT2D eigenvalue weighted by atomic mass is 16.5. The molecule has 0 saturated heterocycles. The molecule has 0 radical (unpaired) electrons. The van der Waals surface area contributed by atoms with Gasteiger partial charge >= 0.3 is 0 Å². The van der Waals surface area contributed by atoms with Gasteiger partial charge in [0.25, 0.3) is 0 Å². The van der Waals surface area contributed by atoms with E-state index in [9.17, 15) is 9.90 Å². The van der Waals surface area contributed by atoms with Crippen molar-refractivity contribution < 1.29 is 19.4 Å². The van der Waals surface area contributed by atoms with Crippen LogP contribution in [0.2, 0.25) is 0 Å². The molecular formula is C30H45N3O4. The topological polar surface area (TPSA) is 86.5 Å². The summed E-state index contributed by atoms with van der Waals surface area (Å²) in [5, 5.41) is 19.1. The minimum absolute atomic E-state index is 0.0404. The Morgan fingerprint density at radius 2 is 1.97 bits per heavy atom. The van der Waals surface area contributed by atoms with E-state index in [1.807, 2.05) is 39.2 Å². The number of ether oxygens (including phenoxy) is 2. The first-order valence-electron chi connectivity index (χ1n) is 14.2. The Balaban J connectivity index is 1.35. The molecule has 7 heteroatoms. The minimum atomic E-state index is -0.655. The van der Waals surface area contributed by atoms with E-state index in [0.717, 1.165) is 50.6 Å². The predicted octanol–water partition coefficient (Wildman–Crippen LogP) is 5.44. The molecule has 2 aromatic rings.